The molecule has 0 spiro atoms. The number of nitrogens with zero attached hydrogens (tertiary/aromatic N) is 1. The first-order valence-corrected chi connectivity index (χ1v) is 8.26. The molecule has 0 fully saturated rings. The van der Waals surface area contributed by atoms with Crippen LogP contribution >= 0.6 is 23.1 Å². The number of nitrogen functional groups attached to an aromatic ring is 1. The Balaban J connectivity index is 1.69. The number of hydrogen-bond acceptors (Lipinski definition) is 4. The minimum absolute atomic E-state index is 0.207. The monoisotopic (exact) mass is 316 g/mol. The smallest absolute Gasteiger partial charge is 0.124 e. The van der Waals surface area contributed by atoms with Gasteiger partial charge in [-0.2, -0.15) is 0 Å². The van der Waals surface area contributed by atoms with Crippen LogP contribution in [0.5, 0.6) is 0 Å². The van der Waals surface area contributed by atoms with Crippen molar-refractivity contribution in [3.05, 3.63) is 64.7 Å². The third-order valence-corrected chi connectivity index (χ3v) is 4.95. The highest BCUT2D eigenvalue weighted by molar-refractivity contribution is 7.98. The SMILES string of the molecule is Nc1ccc(-c2csc(CSc3cccc(F)c3)n2)cc1. The van der Waals surface area contributed by atoms with Crippen molar-refractivity contribution < 1.29 is 4.39 Å². The molecular formula is C16H13FN2S2. The molecular weight excluding hydrogens is 303 g/mol. The molecule has 1 heterocycles. The minimum atomic E-state index is -0.207. The molecule has 106 valence electrons. The summed E-state index contributed by atoms with van der Waals surface area (Å²) in [5, 5.41) is 3.06. The maximum Gasteiger partial charge on any atom is 0.124 e. The highest BCUT2D eigenvalue weighted by Gasteiger charge is 2.05. The molecule has 3 rings (SSSR count). The van der Waals surface area contributed by atoms with Gasteiger partial charge in [0.25, 0.3) is 0 Å². The second-order valence-electron chi connectivity index (χ2n) is 4.49. The quantitative estimate of drug-likeness (QED) is 0.554. The Morgan fingerprint density at radius 1 is 1.14 bits per heavy atom. The normalized spacial score (nSPS) is 10.7. The Bertz CT molecular complexity index is 738. The van der Waals surface area contributed by atoms with Crippen molar-refractivity contribution in [2.24, 2.45) is 0 Å². The van der Waals surface area contributed by atoms with Crippen LogP contribution in [0.3, 0.4) is 0 Å². The Kier molecular flexibility index (Phi) is 4.22. The van der Waals surface area contributed by atoms with Crippen molar-refractivity contribution in [2.45, 2.75) is 10.6 Å². The summed E-state index contributed by atoms with van der Waals surface area (Å²) in [5.74, 6) is 0.532. The van der Waals surface area contributed by atoms with Crippen molar-refractivity contribution in [3.8, 4) is 11.3 Å². The van der Waals surface area contributed by atoms with Gasteiger partial charge in [-0.25, -0.2) is 9.37 Å². The summed E-state index contributed by atoms with van der Waals surface area (Å²) in [6.07, 6.45) is 0. The molecule has 0 radical (unpaired) electrons. The van der Waals surface area contributed by atoms with Gasteiger partial charge >= 0.3 is 0 Å². The van der Waals surface area contributed by atoms with Crippen LogP contribution in [0.2, 0.25) is 0 Å². The van der Waals surface area contributed by atoms with E-state index in [4.69, 9.17) is 5.73 Å². The molecule has 2 nitrogen and oxygen atoms in total. The molecule has 2 N–H and O–H groups in total. The molecule has 0 unspecified atom stereocenters. The number of anilines is 1. The van der Waals surface area contributed by atoms with E-state index in [9.17, 15) is 4.39 Å². The summed E-state index contributed by atoms with van der Waals surface area (Å²) >= 11 is 3.20. The van der Waals surface area contributed by atoms with Crippen LogP contribution in [0.15, 0.2) is 58.8 Å². The number of thioether (sulfide) groups is 1. The fourth-order valence-electron chi connectivity index (χ4n) is 1.87. The Hall–Kier alpha value is -1.85. The van der Waals surface area contributed by atoms with E-state index in [1.54, 1.807) is 35.2 Å². The van der Waals surface area contributed by atoms with E-state index in [0.717, 1.165) is 32.6 Å². The van der Waals surface area contributed by atoms with E-state index in [2.05, 4.69) is 4.98 Å². The third-order valence-electron chi connectivity index (χ3n) is 2.92. The predicted octanol–water partition coefficient (Wildman–Crippen LogP) is 4.82. The van der Waals surface area contributed by atoms with Gasteiger partial charge in [-0.3, -0.25) is 0 Å². The number of rotatable bonds is 4. The highest BCUT2D eigenvalue weighted by atomic mass is 32.2. The van der Waals surface area contributed by atoms with Gasteiger partial charge in [0.15, 0.2) is 0 Å². The number of nitrogens with two attached hydrogens (primary N) is 1. The molecule has 0 aliphatic heterocycles. The van der Waals surface area contributed by atoms with Gasteiger partial charge in [0, 0.05) is 21.5 Å². The molecule has 3 aromatic rings. The summed E-state index contributed by atoms with van der Waals surface area (Å²) in [6.45, 7) is 0. The molecule has 0 atom stereocenters. The third kappa shape index (κ3) is 3.62. The van der Waals surface area contributed by atoms with Crippen molar-refractivity contribution >= 4 is 28.8 Å². The van der Waals surface area contributed by atoms with E-state index in [1.165, 1.54) is 6.07 Å². The van der Waals surface area contributed by atoms with Crippen LogP contribution < -0.4 is 5.73 Å². The number of thiazole rings is 1. The molecule has 0 saturated carbocycles. The summed E-state index contributed by atoms with van der Waals surface area (Å²) in [4.78, 5) is 5.53. The molecule has 21 heavy (non-hydrogen) atoms. The standard InChI is InChI=1S/C16H13FN2S2/c17-12-2-1-3-14(8-12)20-10-16-19-15(9-21-16)11-4-6-13(18)7-5-11/h1-9H,10,18H2. The molecule has 2 aromatic carbocycles. The molecule has 0 bridgehead atoms. The van der Waals surface area contributed by atoms with Gasteiger partial charge in [-0.05, 0) is 30.3 Å². The van der Waals surface area contributed by atoms with Gasteiger partial charge < -0.3 is 5.73 Å². The lowest BCUT2D eigenvalue weighted by molar-refractivity contribution is 0.624. The zero-order chi connectivity index (χ0) is 14.7. The lowest BCUT2D eigenvalue weighted by Crippen LogP contribution is -1.85. The van der Waals surface area contributed by atoms with Crippen molar-refractivity contribution in [3.63, 3.8) is 0 Å². The number of halogens is 1. The highest BCUT2D eigenvalue weighted by Crippen LogP contribution is 2.28. The van der Waals surface area contributed by atoms with Crippen LogP contribution in [0.25, 0.3) is 11.3 Å². The van der Waals surface area contributed by atoms with Crippen molar-refractivity contribution in [2.75, 3.05) is 5.73 Å². The molecule has 0 amide bonds. The number of aromatic nitrogens is 1. The fourth-order valence-corrected chi connectivity index (χ4v) is 3.63. The average Bonchev–Trinajstić information content (AvgIpc) is 2.95. The molecule has 5 heteroatoms. The van der Waals surface area contributed by atoms with Gasteiger partial charge in [-0.1, -0.05) is 18.2 Å². The van der Waals surface area contributed by atoms with Gasteiger partial charge in [0.2, 0.25) is 0 Å². The molecule has 0 aliphatic carbocycles. The van der Waals surface area contributed by atoms with Crippen LogP contribution in [-0.2, 0) is 5.75 Å². The number of benzene rings is 2. The summed E-state index contributed by atoms with van der Waals surface area (Å²) in [6, 6.07) is 14.3. The summed E-state index contributed by atoms with van der Waals surface area (Å²) in [5.41, 5.74) is 8.44. The lowest BCUT2D eigenvalue weighted by Gasteiger charge is -1.99. The zero-order valence-corrected chi connectivity index (χ0v) is 12.8. The minimum Gasteiger partial charge on any atom is -0.399 e. The van der Waals surface area contributed by atoms with Gasteiger partial charge in [-0.15, -0.1) is 23.1 Å². The van der Waals surface area contributed by atoms with Crippen molar-refractivity contribution in [1.29, 1.82) is 0 Å². The van der Waals surface area contributed by atoms with Gasteiger partial charge in [0.1, 0.15) is 10.8 Å². The Morgan fingerprint density at radius 3 is 2.71 bits per heavy atom. The first kappa shape index (κ1) is 14.1. The van der Waals surface area contributed by atoms with Crippen LogP contribution in [-0.4, -0.2) is 4.98 Å². The Labute approximate surface area is 130 Å². The lowest BCUT2D eigenvalue weighted by atomic mass is 10.1. The van der Waals surface area contributed by atoms with E-state index >= 15 is 0 Å². The average molecular weight is 316 g/mol. The first-order chi connectivity index (χ1) is 10.2. The van der Waals surface area contributed by atoms with Crippen LogP contribution in [0, 0.1) is 5.82 Å². The van der Waals surface area contributed by atoms with E-state index < -0.39 is 0 Å². The second-order valence-corrected chi connectivity index (χ2v) is 6.49. The maximum atomic E-state index is 13.1. The fraction of sp³-hybridized carbons (Fsp3) is 0.0625. The first-order valence-electron chi connectivity index (χ1n) is 6.39. The van der Waals surface area contributed by atoms with Crippen LogP contribution in [0.4, 0.5) is 10.1 Å². The molecule has 1 aromatic heterocycles. The summed E-state index contributed by atoms with van der Waals surface area (Å²) < 4.78 is 13.1. The van der Waals surface area contributed by atoms with Crippen LogP contribution in [0.1, 0.15) is 5.01 Å². The zero-order valence-electron chi connectivity index (χ0n) is 11.1. The Morgan fingerprint density at radius 2 is 1.95 bits per heavy atom. The van der Waals surface area contributed by atoms with E-state index in [1.807, 2.05) is 35.7 Å². The second kappa shape index (κ2) is 6.28. The maximum absolute atomic E-state index is 13.1. The largest absolute Gasteiger partial charge is 0.399 e. The predicted molar refractivity (Wildman–Crippen MR) is 87.9 cm³/mol. The van der Waals surface area contributed by atoms with E-state index in [-0.39, 0.29) is 5.82 Å². The molecule has 0 saturated heterocycles. The molecule has 0 aliphatic rings. The number of hydrogen-bond donors (Lipinski definition) is 1. The van der Waals surface area contributed by atoms with Gasteiger partial charge in [0.05, 0.1) is 11.4 Å². The van der Waals surface area contributed by atoms with E-state index in [0.29, 0.717) is 0 Å². The summed E-state index contributed by atoms with van der Waals surface area (Å²) in [7, 11) is 0. The topological polar surface area (TPSA) is 38.9 Å². The van der Waals surface area contributed by atoms with Crippen molar-refractivity contribution in [1.82, 2.24) is 4.98 Å².